The van der Waals surface area contributed by atoms with Gasteiger partial charge < -0.3 is 0 Å². The number of alkyl halides is 2. The van der Waals surface area contributed by atoms with Gasteiger partial charge in [0.05, 0.1) is 0 Å². The molecule has 0 fully saturated rings. The molecular weight excluding hydrogens is 214 g/mol. The van der Waals surface area contributed by atoms with Crippen LogP contribution in [0, 0.1) is 0 Å². The first-order chi connectivity index (χ1) is 5.41. The molecule has 0 spiro atoms. The maximum atomic E-state index is 11.9. The van der Waals surface area contributed by atoms with Crippen LogP contribution in [0.3, 0.4) is 0 Å². The van der Waals surface area contributed by atoms with Gasteiger partial charge in [0.25, 0.3) is 9.05 Å². The zero-order chi connectivity index (χ0) is 9.35. The third kappa shape index (κ3) is 1.92. The molecule has 4 nitrogen and oxygen atoms in total. The summed E-state index contributed by atoms with van der Waals surface area (Å²) in [5.74, 6) is 0. The fourth-order valence-electron chi connectivity index (χ4n) is 0.550. The van der Waals surface area contributed by atoms with Crippen molar-refractivity contribution in [2.45, 2.75) is 11.6 Å². The molecule has 0 aliphatic heterocycles. The lowest BCUT2D eigenvalue weighted by molar-refractivity contribution is 0.0699. The van der Waals surface area contributed by atoms with Crippen molar-refractivity contribution in [3.8, 4) is 0 Å². The summed E-state index contributed by atoms with van der Waals surface area (Å²) in [4.78, 5) is 3.17. The van der Waals surface area contributed by atoms with Crippen molar-refractivity contribution in [1.29, 1.82) is 0 Å². The number of hydrogen-bond acceptors (Lipinski definition) is 3. The maximum Gasteiger partial charge on any atom is 0.319 e. The van der Waals surface area contributed by atoms with E-state index in [1.54, 1.807) is 0 Å². The van der Waals surface area contributed by atoms with Gasteiger partial charge in [-0.25, -0.2) is 13.4 Å². The maximum absolute atomic E-state index is 11.9. The molecule has 0 N–H and O–H groups in total. The first-order valence-corrected chi connectivity index (χ1v) is 4.98. The van der Waals surface area contributed by atoms with E-state index in [1.165, 1.54) is 0 Å². The van der Waals surface area contributed by atoms with Crippen molar-refractivity contribution in [2.75, 3.05) is 0 Å². The van der Waals surface area contributed by atoms with E-state index in [1.807, 2.05) is 0 Å². The van der Waals surface area contributed by atoms with Crippen molar-refractivity contribution >= 4 is 19.7 Å². The molecule has 0 bridgehead atoms. The van der Waals surface area contributed by atoms with Gasteiger partial charge in [-0.3, -0.25) is 4.57 Å². The summed E-state index contributed by atoms with van der Waals surface area (Å²) in [6.45, 7) is -2.82. The van der Waals surface area contributed by atoms with Crippen LogP contribution in [0.2, 0.25) is 0 Å². The van der Waals surface area contributed by atoms with Crippen LogP contribution >= 0.6 is 10.7 Å². The SMILES string of the molecule is O=S(=O)(Cl)c1cn(C(F)F)cn1. The van der Waals surface area contributed by atoms with Crippen molar-refractivity contribution in [2.24, 2.45) is 0 Å². The van der Waals surface area contributed by atoms with Crippen LogP contribution in [0.4, 0.5) is 8.78 Å². The standard InChI is InChI=1S/C4H3ClF2N2O2S/c5-12(10,11)3-1-9(2-8-3)4(6)7/h1-2,4H. The number of aromatic nitrogens is 2. The van der Waals surface area contributed by atoms with E-state index in [0.29, 0.717) is 17.1 Å². The van der Waals surface area contributed by atoms with Crippen LogP contribution in [0.25, 0.3) is 0 Å². The Labute approximate surface area is 71.2 Å². The van der Waals surface area contributed by atoms with Gasteiger partial charge >= 0.3 is 6.55 Å². The molecule has 1 heterocycles. The minimum absolute atomic E-state index is 0.343. The summed E-state index contributed by atoms with van der Waals surface area (Å²) in [5.41, 5.74) is 0. The van der Waals surface area contributed by atoms with Gasteiger partial charge in [0.1, 0.15) is 6.33 Å². The van der Waals surface area contributed by atoms with Crippen molar-refractivity contribution in [3.05, 3.63) is 12.5 Å². The lowest BCUT2D eigenvalue weighted by Gasteiger charge is -1.94. The molecule has 0 aliphatic carbocycles. The number of nitrogens with zero attached hydrogens (tertiary/aromatic N) is 2. The molecule has 68 valence electrons. The summed E-state index contributed by atoms with van der Waals surface area (Å²) in [6.07, 6.45) is 1.35. The number of hydrogen-bond donors (Lipinski definition) is 0. The highest BCUT2D eigenvalue weighted by Crippen LogP contribution is 2.15. The molecule has 0 radical (unpaired) electrons. The number of imidazole rings is 1. The van der Waals surface area contributed by atoms with Crippen molar-refractivity contribution < 1.29 is 17.2 Å². The Morgan fingerprint density at radius 1 is 1.58 bits per heavy atom. The van der Waals surface area contributed by atoms with Gasteiger partial charge in [-0.2, -0.15) is 8.78 Å². The molecule has 0 saturated carbocycles. The lowest BCUT2D eigenvalue weighted by Crippen LogP contribution is -1.93. The Morgan fingerprint density at radius 2 is 2.17 bits per heavy atom. The highest BCUT2D eigenvalue weighted by atomic mass is 35.7. The van der Waals surface area contributed by atoms with E-state index in [2.05, 4.69) is 4.98 Å². The quantitative estimate of drug-likeness (QED) is 0.698. The van der Waals surface area contributed by atoms with Gasteiger partial charge in [-0.15, -0.1) is 0 Å². The number of halogens is 3. The molecule has 0 aliphatic rings. The zero-order valence-electron chi connectivity index (χ0n) is 5.49. The minimum atomic E-state index is -4.01. The van der Waals surface area contributed by atoms with Crippen molar-refractivity contribution in [3.63, 3.8) is 0 Å². The monoisotopic (exact) mass is 216 g/mol. The van der Waals surface area contributed by atoms with Gasteiger partial charge in [0, 0.05) is 16.9 Å². The van der Waals surface area contributed by atoms with E-state index < -0.39 is 20.6 Å². The topological polar surface area (TPSA) is 52.0 Å². The third-order valence-corrected chi connectivity index (χ3v) is 2.24. The lowest BCUT2D eigenvalue weighted by atomic mass is 10.9. The molecule has 12 heavy (non-hydrogen) atoms. The Morgan fingerprint density at radius 3 is 2.42 bits per heavy atom. The van der Waals surface area contributed by atoms with Crippen LogP contribution in [-0.4, -0.2) is 18.0 Å². The molecule has 1 aromatic rings. The second kappa shape index (κ2) is 2.98. The summed E-state index contributed by atoms with van der Waals surface area (Å²) in [5, 5.41) is -0.579. The smallest absolute Gasteiger partial charge is 0.279 e. The molecule has 0 saturated heterocycles. The molecule has 1 rings (SSSR count). The Kier molecular flexibility index (Phi) is 2.34. The van der Waals surface area contributed by atoms with Crippen LogP contribution in [0.15, 0.2) is 17.6 Å². The zero-order valence-corrected chi connectivity index (χ0v) is 7.06. The number of rotatable bonds is 2. The second-order valence-electron chi connectivity index (χ2n) is 1.87. The normalized spacial score (nSPS) is 12.3. The molecule has 0 aromatic carbocycles. The van der Waals surface area contributed by atoms with Crippen LogP contribution in [-0.2, 0) is 9.05 Å². The summed E-state index contributed by atoms with van der Waals surface area (Å²) in [6, 6.07) is 0. The highest BCUT2D eigenvalue weighted by molar-refractivity contribution is 8.13. The average molecular weight is 217 g/mol. The fraction of sp³-hybridized carbons (Fsp3) is 0.250. The summed E-state index contributed by atoms with van der Waals surface area (Å²) < 4.78 is 45.1. The van der Waals surface area contributed by atoms with E-state index in [-0.39, 0.29) is 0 Å². The summed E-state index contributed by atoms with van der Waals surface area (Å²) in [7, 11) is 0.819. The molecule has 8 heteroatoms. The predicted molar refractivity (Wildman–Crippen MR) is 36.5 cm³/mol. The predicted octanol–water partition coefficient (Wildman–Crippen LogP) is 1.21. The Balaban J connectivity index is 3.09. The minimum Gasteiger partial charge on any atom is -0.279 e. The van der Waals surface area contributed by atoms with Gasteiger partial charge in [0.2, 0.25) is 0 Å². The Hall–Kier alpha value is -0.690. The van der Waals surface area contributed by atoms with E-state index >= 15 is 0 Å². The van der Waals surface area contributed by atoms with Crippen molar-refractivity contribution in [1.82, 2.24) is 9.55 Å². The second-order valence-corrected chi connectivity index (χ2v) is 4.39. The fourth-order valence-corrected chi connectivity index (χ4v) is 1.21. The van der Waals surface area contributed by atoms with Crippen LogP contribution < -0.4 is 0 Å². The third-order valence-electron chi connectivity index (χ3n) is 1.05. The summed E-state index contributed by atoms with van der Waals surface area (Å²) >= 11 is 0. The van der Waals surface area contributed by atoms with Gasteiger partial charge in [-0.1, -0.05) is 0 Å². The molecule has 0 atom stereocenters. The van der Waals surface area contributed by atoms with Crippen LogP contribution in [0.5, 0.6) is 0 Å². The highest BCUT2D eigenvalue weighted by Gasteiger charge is 2.15. The van der Waals surface area contributed by atoms with E-state index in [9.17, 15) is 17.2 Å². The van der Waals surface area contributed by atoms with Gasteiger partial charge in [0.15, 0.2) is 5.03 Å². The molecule has 1 aromatic heterocycles. The Bertz CT molecular complexity index is 374. The average Bonchev–Trinajstić information content (AvgIpc) is 2.30. The van der Waals surface area contributed by atoms with Gasteiger partial charge in [-0.05, 0) is 0 Å². The first kappa shape index (κ1) is 9.40. The molecule has 0 unspecified atom stereocenters. The largest absolute Gasteiger partial charge is 0.319 e. The molecule has 0 amide bonds. The molecular formula is C4H3ClF2N2O2S. The van der Waals surface area contributed by atoms with Crippen LogP contribution in [0.1, 0.15) is 6.55 Å². The van der Waals surface area contributed by atoms with E-state index in [4.69, 9.17) is 10.7 Å². The van der Waals surface area contributed by atoms with E-state index in [0.717, 1.165) is 0 Å². The first-order valence-electron chi connectivity index (χ1n) is 2.67.